The van der Waals surface area contributed by atoms with Gasteiger partial charge in [0.1, 0.15) is 0 Å². The van der Waals surface area contributed by atoms with Gasteiger partial charge in [-0.15, -0.1) is 10.2 Å². The van der Waals surface area contributed by atoms with Crippen LogP contribution in [0.3, 0.4) is 0 Å². The molecule has 0 radical (unpaired) electrons. The van der Waals surface area contributed by atoms with Crippen LogP contribution in [0.15, 0.2) is 65.1 Å². The van der Waals surface area contributed by atoms with Crippen LogP contribution >= 0.6 is 15.9 Å². The summed E-state index contributed by atoms with van der Waals surface area (Å²) in [6, 6.07) is 19.5. The Balaban J connectivity index is 1.41. The summed E-state index contributed by atoms with van der Waals surface area (Å²) >= 11 is 3.41. The molecule has 1 aliphatic rings. The van der Waals surface area contributed by atoms with Gasteiger partial charge in [0.15, 0.2) is 5.82 Å². The summed E-state index contributed by atoms with van der Waals surface area (Å²) in [7, 11) is 2.14. The summed E-state index contributed by atoms with van der Waals surface area (Å²) in [5.41, 5.74) is 3.43. The number of hydrogen-bond donors (Lipinski definition) is 1. The zero-order valence-electron chi connectivity index (χ0n) is 16.9. The smallest absolute Gasteiger partial charge is 0.228 e. The van der Waals surface area contributed by atoms with Crippen molar-refractivity contribution in [3.8, 4) is 11.3 Å². The molecule has 30 heavy (non-hydrogen) atoms. The molecule has 1 amide bonds. The number of carbonyl (C=O) groups is 1. The molecule has 3 aromatic rings. The van der Waals surface area contributed by atoms with Gasteiger partial charge < -0.3 is 15.1 Å². The average molecular weight is 466 g/mol. The van der Waals surface area contributed by atoms with Crippen LogP contribution in [0.2, 0.25) is 0 Å². The highest BCUT2D eigenvalue weighted by molar-refractivity contribution is 9.10. The first kappa shape index (κ1) is 20.5. The van der Waals surface area contributed by atoms with Gasteiger partial charge in [-0.25, -0.2) is 0 Å². The number of anilines is 2. The molecule has 1 N–H and O–H groups in total. The molecule has 1 saturated heterocycles. The highest BCUT2D eigenvalue weighted by atomic mass is 79.9. The first-order chi connectivity index (χ1) is 14.6. The SMILES string of the molecule is CN1CCN(c2ccc(-c3cccc(NC(=O)Cc4ccc(Br)cc4)c3)nn2)CC1. The van der Waals surface area contributed by atoms with Gasteiger partial charge in [-0.2, -0.15) is 0 Å². The molecular weight excluding hydrogens is 442 g/mol. The summed E-state index contributed by atoms with van der Waals surface area (Å²) < 4.78 is 0.999. The number of aromatic nitrogens is 2. The lowest BCUT2D eigenvalue weighted by atomic mass is 10.1. The van der Waals surface area contributed by atoms with Gasteiger partial charge in [-0.3, -0.25) is 4.79 Å². The van der Waals surface area contributed by atoms with Gasteiger partial charge in [0, 0.05) is 41.9 Å². The number of rotatable bonds is 5. The molecule has 0 bridgehead atoms. The summed E-state index contributed by atoms with van der Waals surface area (Å²) in [6.45, 7) is 3.99. The fourth-order valence-electron chi connectivity index (χ4n) is 3.43. The number of benzene rings is 2. The van der Waals surface area contributed by atoms with E-state index in [4.69, 9.17) is 0 Å². The maximum Gasteiger partial charge on any atom is 0.228 e. The third-order valence-corrected chi connectivity index (χ3v) is 5.73. The second kappa shape index (κ2) is 9.36. The Labute approximate surface area is 185 Å². The summed E-state index contributed by atoms with van der Waals surface area (Å²) in [5.74, 6) is 0.858. The largest absolute Gasteiger partial charge is 0.353 e. The second-order valence-electron chi connectivity index (χ2n) is 7.50. The maximum atomic E-state index is 12.4. The average Bonchev–Trinajstić information content (AvgIpc) is 2.76. The van der Waals surface area contributed by atoms with E-state index in [1.165, 1.54) is 0 Å². The van der Waals surface area contributed by atoms with E-state index in [-0.39, 0.29) is 5.91 Å². The molecule has 2 heterocycles. The molecule has 1 aliphatic heterocycles. The van der Waals surface area contributed by atoms with Gasteiger partial charge in [-0.05, 0) is 49.0 Å². The molecule has 0 spiro atoms. The fourth-order valence-corrected chi connectivity index (χ4v) is 3.70. The van der Waals surface area contributed by atoms with Gasteiger partial charge in [-0.1, -0.05) is 40.2 Å². The van der Waals surface area contributed by atoms with Gasteiger partial charge >= 0.3 is 0 Å². The summed E-state index contributed by atoms with van der Waals surface area (Å²) in [6.07, 6.45) is 0.330. The third kappa shape index (κ3) is 5.23. The van der Waals surface area contributed by atoms with Crippen molar-refractivity contribution < 1.29 is 4.79 Å². The van der Waals surface area contributed by atoms with Crippen molar-refractivity contribution in [1.82, 2.24) is 15.1 Å². The Hall–Kier alpha value is -2.77. The maximum absolute atomic E-state index is 12.4. The number of likely N-dealkylation sites (N-methyl/N-ethyl adjacent to an activating group) is 1. The van der Waals surface area contributed by atoms with E-state index in [2.05, 4.69) is 48.3 Å². The molecule has 0 saturated carbocycles. The zero-order chi connectivity index (χ0) is 20.9. The van der Waals surface area contributed by atoms with Crippen LogP contribution in [0.1, 0.15) is 5.56 Å². The number of nitrogens with zero attached hydrogens (tertiary/aromatic N) is 4. The van der Waals surface area contributed by atoms with E-state index in [0.717, 1.165) is 59.0 Å². The predicted molar refractivity (Wildman–Crippen MR) is 124 cm³/mol. The third-order valence-electron chi connectivity index (χ3n) is 5.20. The molecular formula is C23H24BrN5O. The Bertz CT molecular complexity index is 999. The molecule has 0 atom stereocenters. The molecule has 2 aromatic carbocycles. The minimum absolute atomic E-state index is 0.0500. The fraction of sp³-hybridized carbons (Fsp3) is 0.261. The van der Waals surface area contributed by atoms with Crippen molar-refractivity contribution >= 4 is 33.3 Å². The summed E-state index contributed by atoms with van der Waals surface area (Å²) in [5, 5.41) is 11.8. The minimum atomic E-state index is -0.0500. The standard InChI is InChI=1S/C23H24BrN5O/c1-28-11-13-29(14-12-28)22-10-9-21(26-27-22)18-3-2-4-20(16-18)25-23(30)15-17-5-7-19(24)8-6-17/h2-10,16H,11-15H2,1H3,(H,25,30). The van der Waals surface area contributed by atoms with Crippen LogP contribution in [0, 0.1) is 0 Å². The van der Waals surface area contributed by atoms with E-state index < -0.39 is 0 Å². The van der Waals surface area contributed by atoms with Gasteiger partial charge in [0.25, 0.3) is 0 Å². The number of nitrogens with one attached hydrogen (secondary N) is 1. The molecule has 7 heteroatoms. The molecule has 6 nitrogen and oxygen atoms in total. The van der Waals surface area contributed by atoms with Crippen LogP contribution < -0.4 is 10.2 Å². The lowest BCUT2D eigenvalue weighted by Crippen LogP contribution is -2.44. The van der Waals surface area contributed by atoms with E-state index in [1.54, 1.807) is 0 Å². The van der Waals surface area contributed by atoms with Gasteiger partial charge in [0.05, 0.1) is 12.1 Å². The number of carbonyl (C=O) groups excluding carboxylic acids is 1. The second-order valence-corrected chi connectivity index (χ2v) is 8.41. The molecule has 154 valence electrons. The molecule has 0 aliphatic carbocycles. The van der Waals surface area contributed by atoms with Crippen molar-refractivity contribution in [3.63, 3.8) is 0 Å². The van der Waals surface area contributed by atoms with E-state index >= 15 is 0 Å². The Morgan fingerprint density at radius 1 is 1.00 bits per heavy atom. The normalized spacial score (nSPS) is 14.5. The molecule has 1 fully saturated rings. The molecule has 0 unspecified atom stereocenters. The molecule has 4 rings (SSSR count). The van der Waals surface area contributed by atoms with E-state index in [0.29, 0.717) is 6.42 Å². The number of halogens is 1. The van der Waals surface area contributed by atoms with Crippen molar-refractivity contribution in [2.75, 3.05) is 43.4 Å². The highest BCUT2D eigenvalue weighted by Gasteiger charge is 2.15. The first-order valence-corrected chi connectivity index (χ1v) is 10.8. The van der Waals surface area contributed by atoms with Gasteiger partial charge in [0.2, 0.25) is 5.91 Å². The van der Waals surface area contributed by atoms with E-state index in [1.807, 2.05) is 60.7 Å². The monoisotopic (exact) mass is 465 g/mol. The van der Waals surface area contributed by atoms with Crippen LogP contribution in [-0.4, -0.2) is 54.2 Å². The molecule has 1 aromatic heterocycles. The highest BCUT2D eigenvalue weighted by Crippen LogP contribution is 2.22. The van der Waals surface area contributed by atoms with Crippen LogP contribution in [0.4, 0.5) is 11.5 Å². The lowest BCUT2D eigenvalue weighted by molar-refractivity contribution is -0.115. The Morgan fingerprint density at radius 3 is 2.47 bits per heavy atom. The quantitative estimate of drug-likeness (QED) is 0.619. The van der Waals surface area contributed by atoms with Crippen LogP contribution in [-0.2, 0) is 11.2 Å². The van der Waals surface area contributed by atoms with Crippen molar-refractivity contribution in [2.45, 2.75) is 6.42 Å². The topological polar surface area (TPSA) is 61.4 Å². The van der Waals surface area contributed by atoms with Crippen molar-refractivity contribution in [3.05, 3.63) is 70.7 Å². The lowest BCUT2D eigenvalue weighted by Gasteiger charge is -2.32. The Kier molecular flexibility index (Phi) is 6.40. The summed E-state index contributed by atoms with van der Waals surface area (Å²) in [4.78, 5) is 17.0. The van der Waals surface area contributed by atoms with Crippen LogP contribution in [0.5, 0.6) is 0 Å². The van der Waals surface area contributed by atoms with Crippen molar-refractivity contribution in [1.29, 1.82) is 0 Å². The van der Waals surface area contributed by atoms with E-state index in [9.17, 15) is 4.79 Å². The number of amides is 1. The minimum Gasteiger partial charge on any atom is -0.353 e. The first-order valence-electron chi connectivity index (χ1n) is 9.99. The van der Waals surface area contributed by atoms with Crippen LogP contribution in [0.25, 0.3) is 11.3 Å². The Morgan fingerprint density at radius 2 is 1.77 bits per heavy atom. The van der Waals surface area contributed by atoms with Crippen molar-refractivity contribution in [2.24, 2.45) is 0 Å². The zero-order valence-corrected chi connectivity index (χ0v) is 18.5. The number of piperazine rings is 1. The number of hydrogen-bond acceptors (Lipinski definition) is 5. The predicted octanol–water partition coefficient (Wildman–Crippen LogP) is 3.84.